The van der Waals surface area contributed by atoms with Crippen LogP contribution in [-0.2, 0) is 5.41 Å². The van der Waals surface area contributed by atoms with E-state index >= 15 is 0 Å². The van der Waals surface area contributed by atoms with Gasteiger partial charge in [-0.15, -0.1) is 0 Å². The van der Waals surface area contributed by atoms with Crippen LogP contribution in [0.5, 0.6) is 0 Å². The molecule has 2 heterocycles. The van der Waals surface area contributed by atoms with Crippen LogP contribution in [0.1, 0.15) is 47.4 Å². The van der Waals surface area contributed by atoms with Crippen molar-refractivity contribution in [2.24, 2.45) is 10.4 Å². The molecule has 2 aromatic heterocycles. The Bertz CT molecular complexity index is 798. The van der Waals surface area contributed by atoms with Crippen molar-refractivity contribution in [1.82, 2.24) is 14.4 Å². The van der Waals surface area contributed by atoms with Gasteiger partial charge in [-0.25, -0.2) is 9.97 Å². The highest BCUT2D eigenvalue weighted by Crippen LogP contribution is 2.18. The second kappa shape index (κ2) is 5.67. The SMILES string of the molecule is C=CC=c1c(=NCC(C)(C)C)nc(C(C)(C)C)n2ccnc12. The molecule has 4 heteroatoms. The lowest BCUT2D eigenvalue weighted by Crippen LogP contribution is -2.37. The molecule has 0 aromatic carbocycles. The van der Waals surface area contributed by atoms with Crippen molar-refractivity contribution in [2.45, 2.75) is 47.0 Å². The van der Waals surface area contributed by atoms with Gasteiger partial charge in [0.1, 0.15) is 11.5 Å². The third-order valence-electron chi connectivity index (χ3n) is 3.22. The van der Waals surface area contributed by atoms with Gasteiger partial charge in [0.05, 0.1) is 5.22 Å². The quantitative estimate of drug-likeness (QED) is 0.855. The van der Waals surface area contributed by atoms with Gasteiger partial charge in [-0.05, 0) is 11.5 Å². The molecule has 118 valence electrons. The van der Waals surface area contributed by atoms with Crippen LogP contribution >= 0.6 is 0 Å². The molecule has 0 aliphatic carbocycles. The van der Waals surface area contributed by atoms with Crippen molar-refractivity contribution in [3.8, 4) is 0 Å². The molecule has 0 N–H and O–H groups in total. The number of fused-ring (bicyclic) bond motifs is 1. The smallest absolute Gasteiger partial charge is 0.160 e. The molecule has 22 heavy (non-hydrogen) atoms. The Morgan fingerprint density at radius 1 is 1.23 bits per heavy atom. The van der Waals surface area contributed by atoms with Crippen LogP contribution < -0.4 is 10.7 Å². The largest absolute Gasteiger partial charge is 0.287 e. The number of hydrogen-bond acceptors (Lipinski definition) is 3. The topological polar surface area (TPSA) is 42.5 Å². The van der Waals surface area contributed by atoms with Crippen molar-refractivity contribution in [2.75, 3.05) is 6.54 Å². The van der Waals surface area contributed by atoms with Crippen LogP contribution in [0.4, 0.5) is 0 Å². The molecule has 0 aliphatic heterocycles. The van der Waals surface area contributed by atoms with Crippen LogP contribution in [0.3, 0.4) is 0 Å². The number of allylic oxidation sites excluding steroid dienone is 1. The molecule has 0 bridgehead atoms. The molecular formula is C18H26N4. The highest BCUT2D eigenvalue weighted by atomic mass is 15.1. The van der Waals surface area contributed by atoms with Gasteiger partial charge in [0, 0.05) is 24.4 Å². The Morgan fingerprint density at radius 2 is 1.91 bits per heavy atom. The fourth-order valence-electron chi connectivity index (χ4n) is 2.22. The lowest BCUT2D eigenvalue weighted by Gasteiger charge is -2.19. The summed E-state index contributed by atoms with van der Waals surface area (Å²) in [4.78, 5) is 14.1. The number of rotatable bonds is 2. The maximum atomic E-state index is 4.84. The van der Waals surface area contributed by atoms with Crippen LogP contribution in [-0.4, -0.2) is 20.9 Å². The highest BCUT2D eigenvalue weighted by Gasteiger charge is 2.20. The van der Waals surface area contributed by atoms with E-state index in [0.29, 0.717) is 0 Å². The molecule has 0 radical (unpaired) electrons. The summed E-state index contributed by atoms with van der Waals surface area (Å²) in [6.45, 7) is 17.5. The van der Waals surface area contributed by atoms with Crippen molar-refractivity contribution in [1.29, 1.82) is 0 Å². The number of imidazole rings is 1. The minimum atomic E-state index is -0.0857. The van der Waals surface area contributed by atoms with Gasteiger partial charge in [0.2, 0.25) is 0 Å². The Morgan fingerprint density at radius 3 is 2.45 bits per heavy atom. The normalized spacial score (nSPS) is 14.8. The molecule has 4 nitrogen and oxygen atoms in total. The van der Waals surface area contributed by atoms with E-state index in [9.17, 15) is 0 Å². The predicted molar refractivity (Wildman–Crippen MR) is 91.5 cm³/mol. The summed E-state index contributed by atoms with van der Waals surface area (Å²) in [6, 6.07) is 0. The Kier molecular flexibility index (Phi) is 4.23. The third-order valence-corrected chi connectivity index (χ3v) is 3.22. The molecule has 0 fully saturated rings. The van der Waals surface area contributed by atoms with Gasteiger partial charge in [0.15, 0.2) is 5.49 Å². The molecule has 0 saturated heterocycles. The molecule has 0 saturated carbocycles. The fourth-order valence-corrected chi connectivity index (χ4v) is 2.22. The zero-order chi connectivity index (χ0) is 16.5. The Labute approximate surface area is 132 Å². The van der Waals surface area contributed by atoms with Crippen molar-refractivity contribution in [3.63, 3.8) is 0 Å². The molecule has 2 rings (SSSR count). The standard InChI is InChI=1S/C18H26N4/c1-8-9-13-14(20-12-17(2,3)4)21-16(18(5,6)7)22-11-10-19-15(13)22/h8-11H,1,12H2,2-7H3. The average Bonchev–Trinajstić information content (AvgIpc) is 2.84. The van der Waals surface area contributed by atoms with Crippen molar-refractivity contribution < 1.29 is 0 Å². The van der Waals surface area contributed by atoms with E-state index in [1.54, 1.807) is 12.3 Å². The molecular weight excluding hydrogens is 272 g/mol. The zero-order valence-corrected chi connectivity index (χ0v) is 14.5. The Hall–Kier alpha value is -1.97. The van der Waals surface area contributed by atoms with Crippen LogP contribution in [0.25, 0.3) is 11.7 Å². The van der Waals surface area contributed by atoms with Gasteiger partial charge in [-0.3, -0.25) is 9.39 Å². The average molecular weight is 298 g/mol. The first-order valence-electron chi connectivity index (χ1n) is 7.64. The summed E-state index contributed by atoms with van der Waals surface area (Å²) in [5, 5.41) is 0.928. The first-order valence-corrected chi connectivity index (χ1v) is 7.64. The van der Waals surface area contributed by atoms with Gasteiger partial charge in [0.25, 0.3) is 0 Å². The molecule has 0 atom stereocenters. The maximum Gasteiger partial charge on any atom is 0.160 e. The van der Waals surface area contributed by atoms with E-state index in [4.69, 9.17) is 9.98 Å². The number of aromatic nitrogens is 3. The van der Waals surface area contributed by atoms with E-state index in [1.807, 2.05) is 16.7 Å². The highest BCUT2D eigenvalue weighted by molar-refractivity contribution is 5.49. The molecule has 2 aromatic rings. The summed E-state index contributed by atoms with van der Waals surface area (Å²) < 4.78 is 2.05. The summed E-state index contributed by atoms with van der Waals surface area (Å²) in [6.07, 6.45) is 7.46. The van der Waals surface area contributed by atoms with Gasteiger partial charge >= 0.3 is 0 Å². The summed E-state index contributed by atoms with van der Waals surface area (Å²) in [5.41, 5.74) is 1.67. The predicted octanol–water partition coefficient (Wildman–Crippen LogP) is 2.66. The van der Waals surface area contributed by atoms with E-state index in [-0.39, 0.29) is 10.8 Å². The molecule has 0 unspecified atom stereocenters. The van der Waals surface area contributed by atoms with Gasteiger partial charge < -0.3 is 0 Å². The zero-order valence-electron chi connectivity index (χ0n) is 14.5. The monoisotopic (exact) mass is 298 g/mol. The Balaban J connectivity index is 2.87. The second-order valence-corrected chi connectivity index (χ2v) is 7.82. The summed E-state index contributed by atoms with van der Waals surface area (Å²) in [5.74, 6) is 0.967. The lowest BCUT2D eigenvalue weighted by molar-refractivity contribution is 0.423. The molecule has 0 spiro atoms. The summed E-state index contributed by atoms with van der Waals surface area (Å²) >= 11 is 0. The van der Waals surface area contributed by atoms with Gasteiger partial charge in [-0.2, -0.15) is 0 Å². The second-order valence-electron chi connectivity index (χ2n) is 7.82. The van der Waals surface area contributed by atoms with Crippen molar-refractivity contribution in [3.05, 3.63) is 41.6 Å². The van der Waals surface area contributed by atoms with E-state index in [1.165, 1.54) is 0 Å². The van der Waals surface area contributed by atoms with Crippen LogP contribution in [0.15, 0.2) is 30.0 Å². The fraction of sp³-hybridized carbons (Fsp3) is 0.500. The number of nitrogens with zero attached hydrogens (tertiary/aromatic N) is 4. The molecule has 0 aliphatic rings. The van der Waals surface area contributed by atoms with E-state index in [0.717, 1.165) is 28.7 Å². The van der Waals surface area contributed by atoms with Crippen LogP contribution in [0, 0.1) is 5.41 Å². The minimum Gasteiger partial charge on any atom is -0.287 e. The first kappa shape index (κ1) is 16.4. The summed E-state index contributed by atoms with van der Waals surface area (Å²) in [7, 11) is 0. The molecule has 0 amide bonds. The van der Waals surface area contributed by atoms with Crippen molar-refractivity contribution >= 4 is 11.7 Å². The van der Waals surface area contributed by atoms with Gasteiger partial charge in [-0.1, -0.05) is 54.2 Å². The van der Waals surface area contributed by atoms with Crippen LogP contribution in [0.2, 0.25) is 0 Å². The third kappa shape index (κ3) is 3.43. The van der Waals surface area contributed by atoms with E-state index in [2.05, 4.69) is 53.1 Å². The lowest BCUT2D eigenvalue weighted by atomic mass is 9.95. The first-order chi connectivity index (χ1) is 10.1. The maximum absolute atomic E-state index is 4.84. The van der Waals surface area contributed by atoms with E-state index < -0.39 is 0 Å². The minimum absolute atomic E-state index is 0.0857. The number of hydrogen-bond donors (Lipinski definition) is 0.